The van der Waals surface area contributed by atoms with Crippen molar-refractivity contribution in [3.8, 4) is 22.7 Å². The fraction of sp³-hybridized carbons (Fsp3) is 0.179. The Bertz CT molecular complexity index is 1370. The van der Waals surface area contributed by atoms with Gasteiger partial charge in [0, 0.05) is 16.9 Å². The minimum absolute atomic E-state index is 0.107. The van der Waals surface area contributed by atoms with Crippen LogP contribution < -0.4 is 4.74 Å². The van der Waals surface area contributed by atoms with Crippen LogP contribution in [0.3, 0.4) is 0 Å². The zero-order chi connectivity index (χ0) is 25.9. The van der Waals surface area contributed by atoms with Gasteiger partial charge in [-0.2, -0.15) is 13.2 Å². The van der Waals surface area contributed by atoms with Crippen molar-refractivity contribution < 1.29 is 27.1 Å². The highest BCUT2D eigenvalue weighted by molar-refractivity contribution is 6.01. The number of methoxy groups -OCH3 is 1. The molecule has 4 nitrogen and oxygen atoms in total. The van der Waals surface area contributed by atoms with Crippen LogP contribution in [-0.2, 0) is 17.6 Å². The van der Waals surface area contributed by atoms with Crippen molar-refractivity contribution in [3.63, 3.8) is 0 Å². The molecule has 0 aliphatic carbocycles. The summed E-state index contributed by atoms with van der Waals surface area (Å²) in [7, 11) is 1.59. The number of nitrogens with zero attached hydrogens (tertiary/aromatic N) is 2. The van der Waals surface area contributed by atoms with E-state index >= 15 is 0 Å². The topological polar surface area (TPSA) is 35.8 Å². The molecule has 0 fully saturated rings. The third-order valence-electron chi connectivity index (χ3n) is 5.79. The van der Waals surface area contributed by atoms with E-state index in [9.17, 15) is 17.6 Å². The summed E-state index contributed by atoms with van der Waals surface area (Å²) < 4.78 is 59.8. The van der Waals surface area contributed by atoms with Crippen LogP contribution in [-0.4, -0.2) is 17.4 Å². The third kappa shape index (κ3) is 5.43. The Labute approximate surface area is 206 Å². The van der Waals surface area contributed by atoms with Gasteiger partial charge in [-0.15, -0.1) is 0 Å². The molecule has 1 aromatic heterocycles. The molecule has 0 aliphatic rings. The first kappa shape index (κ1) is 25.0. The number of benzene rings is 3. The lowest BCUT2D eigenvalue weighted by atomic mass is 10.1. The number of halogens is 4. The van der Waals surface area contributed by atoms with Gasteiger partial charge in [0.15, 0.2) is 0 Å². The Morgan fingerprint density at radius 3 is 2.28 bits per heavy atom. The van der Waals surface area contributed by atoms with Crippen LogP contribution in [0.1, 0.15) is 29.3 Å². The Morgan fingerprint density at radius 1 is 0.944 bits per heavy atom. The molecule has 0 spiro atoms. The van der Waals surface area contributed by atoms with E-state index in [2.05, 4.69) is 5.16 Å². The van der Waals surface area contributed by atoms with Crippen LogP contribution in [0.4, 0.5) is 17.6 Å². The summed E-state index contributed by atoms with van der Waals surface area (Å²) in [5.41, 5.74) is 4.34. The summed E-state index contributed by atoms with van der Waals surface area (Å²) >= 11 is 0. The Balaban J connectivity index is 1.66. The molecule has 0 atom stereocenters. The lowest BCUT2D eigenvalue weighted by Crippen LogP contribution is -2.05. The van der Waals surface area contributed by atoms with E-state index in [-0.39, 0.29) is 12.4 Å². The van der Waals surface area contributed by atoms with Crippen LogP contribution >= 0.6 is 0 Å². The van der Waals surface area contributed by atoms with Gasteiger partial charge in [-0.1, -0.05) is 17.3 Å². The summed E-state index contributed by atoms with van der Waals surface area (Å²) in [5, 5.41) is 4.17. The zero-order valence-electron chi connectivity index (χ0n) is 19.9. The number of hydrogen-bond acceptors (Lipinski definition) is 3. The van der Waals surface area contributed by atoms with E-state index in [1.807, 2.05) is 41.8 Å². The summed E-state index contributed by atoms with van der Waals surface area (Å²) in [4.78, 5) is 5.41. The molecule has 4 aromatic rings. The van der Waals surface area contributed by atoms with Crippen molar-refractivity contribution in [3.05, 3.63) is 107 Å². The van der Waals surface area contributed by atoms with E-state index in [1.165, 1.54) is 18.2 Å². The molecule has 3 aromatic carbocycles. The van der Waals surface area contributed by atoms with Gasteiger partial charge >= 0.3 is 6.18 Å². The van der Waals surface area contributed by atoms with Crippen LogP contribution in [0.2, 0.25) is 0 Å². The lowest BCUT2D eigenvalue weighted by molar-refractivity contribution is -0.137. The number of rotatable bonds is 7. The van der Waals surface area contributed by atoms with E-state index in [4.69, 9.17) is 9.57 Å². The summed E-state index contributed by atoms with van der Waals surface area (Å²) in [6, 6.07) is 20.6. The van der Waals surface area contributed by atoms with Gasteiger partial charge in [0.05, 0.1) is 24.1 Å². The van der Waals surface area contributed by atoms with Gasteiger partial charge in [-0.05, 0) is 91.7 Å². The van der Waals surface area contributed by atoms with Crippen molar-refractivity contribution in [1.29, 1.82) is 0 Å². The molecule has 8 heteroatoms. The highest BCUT2D eigenvalue weighted by Crippen LogP contribution is 2.32. The SMILES string of the molecule is COc1ccc(-c2cc(C(C)=NOCc3cccc(C(F)(F)F)c3)c(C)n2-c2ccc(F)cc2)cc1. The number of hydrogen-bond donors (Lipinski definition) is 0. The van der Waals surface area contributed by atoms with Gasteiger partial charge < -0.3 is 14.1 Å². The molecule has 4 rings (SSSR count). The molecule has 0 N–H and O–H groups in total. The summed E-state index contributed by atoms with van der Waals surface area (Å²) in [6.07, 6.45) is -4.42. The number of alkyl halides is 3. The molecule has 0 bridgehead atoms. The minimum Gasteiger partial charge on any atom is -0.497 e. The predicted molar refractivity (Wildman–Crippen MR) is 131 cm³/mol. The van der Waals surface area contributed by atoms with Crippen molar-refractivity contribution in [2.24, 2.45) is 5.16 Å². The van der Waals surface area contributed by atoms with Crippen LogP contribution in [0.15, 0.2) is 84.0 Å². The standard InChI is InChI=1S/C28H24F4N2O2/c1-18(33-36-17-20-5-4-6-22(15-20)28(30,31)32)26-16-27(21-7-13-25(35-3)14-8-21)34(19(26)2)24-11-9-23(29)10-12-24/h4-16H,17H2,1-3H3. The van der Waals surface area contributed by atoms with E-state index in [0.717, 1.165) is 46.1 Å². The Morgan fingerprint density at radius 2 is 1.64 bits per heavy atom. The quantitative estimate of drug-likeness (QED) is 0.150. The van der Waals surface area contributed by atoms with Gasteiger partial charge in [-0.3, -0.25) is 0 Å². The zero-order valence-corrected chi connectivity index (χ0v) is 19.9. The molecule has 0 radical (unpaired) electrons. The summed E-state index contributed by atoms with van der Waals surface area (Å²) in [5.74, 6) is 0.381. The average molecular weight is 497 g/mol. The van der Waals surface area contributed by atoms with Crippen LogP contribution in [0, 0.1) is 12.7 Å². The van der Waals surface area contributed by atoms with Gasteiger partial charge in [0.2, 0.25) is 0 Å². The smallest absolute Gasteiger partial charge is 0.416 e. The minimum atomic E-state index is -4.42. The molecular weight excluding hydrogens is 472 g/mol. The molecule has 0 saturated carbocycles. The molecule has 36 heavy (non-hydrogen) atoms. The molecule has 186 valence electrons. The molecule has 0 amide bonds. The normalized spacial score (nSPS) is 12.0. The van der Waals surface area contributed by atoms with Crippen LogP contribution in [0.5, 0.6) is 5.75 Å². The van der Waals surface area contributed by atoms with Gasteiger partial charge in [-0.25, -0.2) is 4.39 Å². The second-order valence-corrected chi connectivity index (χ2v) is 8.22. The predicted octanol–water partition coefficient (Wildman–Crippen LogP) is 7.56. The maximum Gasteiger partial charge on any atom is 0.416 e. The van der Waals surface area contributed by atoms with Crippen molar-refractivity contribution >= 4 is 5.71 Å². The largest absolute Gasteiger partial charge is 0.497 e. The molecule has 1 heterocycles. The number of ether oxygens (including phenoxy) is 1. The van der Waals surface area contributed by atoms with Gasteiger partial charge in [0.1, 0.15) is 18.2 Å². The van der Waals surface area contributed by atoms with Crippen molar-refractivity contribution in [2.45, 2.75) is 26.6 Å². The molecule has 0 saturated heterocycles. The maximum atomic E-state index is 13.6. The maximum absolute atomic E-state index is 13.6. The third-order valence-corrected chi connectivity index (χ3v) is 5.79. The van der Waals surface area contributed by atoms with Crippen molar-refractivity contribution in [1.82, 2.24) is 4.57 Å². The first-order chi connectivity index (χ1) is 17.2. The fourth-order valence-corrected chi connectivity index (χ4v) is 3.96. The summed E-state index contributed by atoms with van der Waals surface area (Å²) in [6.45, 7) is 3.57. The molecule has 0 aliphatic heterocycles. The van der Waals surface area contributed by atoms with E-state index in [0.29, 0.717) is 11.3 Å². The van der Waals surface area contributed by atoms with Crippen LogP contribution in [0.25, 0.3) is 16.9 Å². The first-order valence-electron chi connectivity index (χ1n) is 11.1. The molecular formula is C28H24F4N2O2. The lowest BCUT2D eigenvalue weighted by Gasteiger charge is -2.13. The second-order valence-electron chi connectivity index (χ2n) is 8.22. The van der Waals surface area contributed by atoms with E-state index in [1.54, 1.807) is 32.2 Å². The molecule has 0 unspecified atom stereocenters. The van der Waals surface area contributed by atoms with E-state index < -0.39 is 11.7 Å². The second kappa shape index (κ2) is 10.3. The van der Waals surface area contributed by atoms with Gasteiger partial charge in [0.25, 0.3) is 0 Å². The highest BCUT2D eigenvalue weighted by Gasteiger charge is 2.30. The monoisotopic (exact) mass is 496 g/mol. The Hall–Kier alpha value is -4.07. The number of aromatic nitrogens is 1. The number of oxime groups is 1. The fourth-order valence-electron chi connectivity index (χ4n) is 3.96. The average Bonchev–Trinajstić information content (AvgIpc) is 3.21. The Kier molecular flexibility index (Phi) is 7.15. The highest BCUT2D eigenvalue weighted by atomic mass is 19.4. The van der Waals surface area contributed by atoms with Crippen molar-refractivity contribution in [2.75, 3.05) is 7.11 Å². The first-order valence-corrected chi connectivity index (χ1v) is 11.1.